The Hall–Kier alpha value is -3.64. The van der Waals surface area contributed by atoms with E-state index < -0.39 is 17.1 Å². The van der Waals surface area contributed by atoms with Gasteiger partial charge in [0.25, 0.3) is 11.1 Å². The number of aryl methyl sites for hydroxylation is 1. The number of carbonyl (C=O) groups is 3. The maximum atomic E-state index is 12.7. The lowest BCUT2D eigenvalue weighted by molar-refractivity contribution is -0.127. The van der Waals surface area contributed by atoms with Crippen LogP contribution in [0.1, 0.15) is 11.1 Å². The van der Waals surface area contributed by atoms with E-state index in [0.29, 0.717) is 10.6 Å². The van der Waals surface area contributed by atoms with Crippen LogP contribution < -0.4 is 5.32 Å². The highest BCUT2D eigenvalue weighted by Gasteiger charge is 2.36. The van der Waals surface area contributed by atoms with Crippen LogP contribution in [0, 0.1) is 6.92 Å². The second-order valence-corrected chi connectivity index (χ2v) is 8.16. The van der Waals surface area contributed by atoms with Gasteiger partial charge in [-0.15, -0.1) is 0 Å². The molecule has 0 bridgehead atoms. The number of hydrogen-bond donors (Lipinski definition) is 1. The van der Waals surface area contributed by atoms with Crippen LogP contribution in [-0.2, 0) is 9.59 Å². The first kappa shape index (κ1) is 20.6. The summed E-state index contributed by atoms with van der Waals surface area (Å²) >= 11 is 0.846. The zero-order valence-corrected chi connectivity index (χ0v) is 17.7. The summed E-state index contributed by atoms with van der Waals surface area (Å²) in [4.78, 5) is 38.6. The molecule has 0 spiro atoms. The van der Waals surface area contributed by atoms with Crippen molar-refractivity contribution in [1.29, 1.82) is 0 Å². The molecule has 4 rings (SSSR count). The molecule has 31 heavy (non-hydrogen) atoms. The minimum Gasteiger partial charge on any atom is -0.325 e. The van der Waals surface area contributed by atoms with Crippen LogP contribution in [0.15, 0.2) is 83.8 Å². The summed E-state index contributed by atoms with van der Waals surface area (Å²) in [7, 11) is 0. The van der Waals surface area contributed by atoms with Gasteiger partial charge in [-0.1, -0.05) is 72.3 Å². The smallest absolute Gasteiger partial charge is 0.294 e. The molecule has 0 atom stereocenters. The number of imide groups is 1. The number of benzene rings is 3. The topological polar surface area (TPSA) is 66.5 Å². The monoisotopic (exact) mass is 428 g/mol. The molecule has 6 heteroatoms. The SMILES string of the molecule is Cc1ccc(NC(=O)CN2C(=O)S/C(=C\c3ccc(-c4ccccc4)cc3)C2=O)cc1. The Labute approximate surface area is 184 Å². The standard InChI is InChI=1S/C25H20N2O3S/c1-17-7-13-21(14-8-17)26-23(28)16-27-24(29)22(31-25(27)30)15-18-9-11-20(12-10-18)19-5-3-2-4-6-19/h2-15H,16H2,1H3,(H,26,28)/b22-15-. The average molecular weight is 429 g/mol. The summed E-state index contributed by atoms with van der Waals surface area (Å²) in [5.41, 5.74) is 4.68. The fraction of sp³-hybridized carbons (Fsp3) is 0.0800. The van der Waals surface area contributed by atoms with Crippen molar-refractivity contribution in [2.45, 2.75) is 6.92 Å². The number of anilines is 1. The van der Waals surface area contributed by atoms with Gasteiger partial charge in [0, 0.05) is 5.69 Å². The van der Waals surface area contributed by atoms with E-state index in [1.807, 2.05) is 73.7 Å². The van der Waals surface area contributed by atoms with Crippen molar-refractivity contribution < 1.29 is 14.4 Å². The highest BCUT2D eigenvalue weighted by atomic mass is 32.2. The molecule has 0 aliphatic carbocycles. The molecule has 3 amide bonds. The van der Waals surface area contributed by atoms with Crippen LogP contribution in [0.2, 0.25) is 0 Å². The van der Waals surface area contributed by atoms with Crippen molar-refractivity contribution >= 4 is 40.6 Å². The third-order valence-electron chi connectivity index (χ3n) is 4.83. The van der Waals surface area contributed by atoms with Crippen molar-refractivity contribution in [3.8, 4) is 11.1 Å². The highest BCUT2D eigenvalue weighted by Crippen LogP contribution is 2.32. The van der Waals surface area contributed by atoms with Gasteiger partial charge in [0.15, 0.2) is 0 Å². The summed E-state index contributed by atoms with van der Waals surface area (Å²) < 4.78 is 0. The van der Waals surface area contributed by atoms with E-state index in [1.165, 1.54) is 0 Å². The third-order valence-corrected chi connectivity index (χ3v) is 5.73. The Balaban J connectivity index is 1.43. The van der Waals surface area contributed by atoms with E-state index in [2.05, 4.69) is 5.32 Å². The van der Waals surface area contributed by atoms with Crippen LogP contribution in [0.4, 0.5) is 10.5 Å². The zero-order chi connectivity index (χ0) is 21.8. The largest absolute Gasteiger partial charge is 0.325 e. The van der Waals surface area contributed by atoms with Crippen LogP contribution in [0.3, 0.4) is 0 Å². The summed E-state index contributed by atoms with van der Waals surface area (Å²) in [6, 6.07) is 25.0. The molecule has 5 nitrogen and oxygen atoms in total. The normalized spacial score (nSPS) is 14.9. The van der Waals surface area contributed by atoms with Crippen molar-refractivity contribution in [3.05, 3.63) is 94.9 Å². The van der Waals surface area contributed by atoms with Gasteiger partial charge < -0.3 is 5.32 Å². The molecule has 3 aromatic rings. The first-order chi connectivity index (χ1) is 15.0. The number of nitrogens with zero attached hydrogens (tertiary/aromatic N) is 1. The minimum absolute atomic E-state index is 0.306. The van der Waals surface area contributed by atoms with Gasteiger partial charge >= 0.3 is 0 Å². The second-order valence-electron chi connectivity index (χ2n) is 7.17. The van der Waals surface area contributed by atoms with Crippen molar-refractivity contribution in [3.63, 3.8) is 0 Å². The second kappa shape index (κ2) is 9.02. The highest BCUT2D eigenvalue weighted by molar-refractivity contribution is 8.18. The molecule has 3 aromatic carbocycles. The fourth-order valence-electron chi connectivity index (χ4n) is 3.17. The maximum absolute atomic E-state index is 12.7. The number of thioether (sulfide) groups is 1. The van der Waals surface area contributed by atoms with Crippen molar-refractivity contribution in [1.82, 2.24) is 4.90 Å². The lowest BCUT2D eigenvalue weighted by atomic mass is 10.0. The molecule has 0 unspecified atom stereocenters. The number of rotatable bonds is 5. The first-order valence-corrected chi connectivity index (χ1v) is 10.6. The van der Waals surface area contributed by atoms with Crippen LogP contribution in [0.25, 0.3) is 17.2 Å². The van der Waals surface area contributed by atoms with E-state index in [1.54, 1.807) is 18.2 Å². The van der Waals surface area contributed by atoms with Gasteiger partial charge in [0.1, 0.15) is 6.54 Å². The summed E-state index contributed by atoms with van der Waals surface area (Å²) in [5, 5.41) is 2.26. The van der Waals surface area contributed by atoms with Crippen LogP contribution >= 0.6 is 11.8 Å². The summed E-state index contributed by atoms with van der Waals surface area (Å²) in [6.07, 6.45) is 1.68. The quantitative estimate of drug-likeness (QED) is 0.557. The molecule has 0 radical (unpaired) electrons. The lowest BCUT2D eigenvalue weighted by Gasteiger charge is -2.12. The van der Waals surface area contributed by atoms with Gasteiger partial charge in [0.2, 0.25) is 5.91 Å². The van der Waals surface area contributed by atoms with Crippen molar-refractivity contribution in [2.75, 3.05) is 11.9 Å². The molecular formula is C25H20N2O3S. The number of nitrogens with one attached hydrogen (secondary N) is 1. The van der Waals surface area contributed by atoms with Gasteiger partial charge in [-0.25, -0.2) is 0 Å². The molecule has 1 saturated heterocycles. The van der Waals surface area contributed by atoms with E-state index in [4.69, 9.17) is 0 Å². The Morgan fingerprint density at radius 2 is 1.55 bits per heavy atom. The molecule has 1 aliphatic heterocycles. The summed E-state index contributed by atoms with van der Waals surface area (Å²) in [6.45, 7) is 1.64. The van der Waals surface area contributed by atoms with Gasteiger partial charge in [0.05, 0.1) is 4.91 Å². The van der Waals surface area contributed by atoms with Gasteiger partial charge in [-0.05, 0) is 53.6 Å². The van der Waals surface area contributed by atoms with Gasteiger partial charge in [-0.3, -0.25) is 19.3 Å². The molecule has 1 heterocycles. The Bertz CT molecular complexity index is 1150. The van der Waals surface area contributed by atoms with Crippen LogP contribution in [-0.4, -0.2) is 28.5 Å². The average Bonchev–Trinajstić information content (AvgIpc) is 3.04. The number of carbonyl (C=O) groups excluding carboxylic acids is 3. The number of hydrogen-bond acceptors (Lipinski definition) is 4. The Morgan fingerprint density at radius 1 is 0.903 bits per heavy atom. The minimum atomic E-state index is -0.457. The van der Waals surface area contributed by atoms with E-state index in [-0.39, 0.29) is 6.54 Å². The van der Waals surface area contributed by atoms with Crippen LogP contribution in [0.5, 0.6) is 0 Å². The Kier molecular flexibility index (Phi) is 6.00. The molecular weight excluding hydrogens is 408 g/mol. The van der Waals surface area contributed by atoms with E-state index in [0.717, 1.165) is 38.9 Å². The predicted octanol–water partition coefficient (Wildman–Crippen LogP) is 5.34. The fourth-order valence-corrected chi connectivity index (χ4v) is 4.01. The summed E-state index contributed by atoms with van der Waals surface area (Å²) in [5.74, 6) is -0.874. The zero-order valence-electron chi connectivity index (χ0n) is 16.9. The van der Waals surface area contributed by atoms with E-state index in [9.17, 15) is 14.4 Å². The molecule has 1 aliphatic rings. The molecule has 0 saturated carbocycles. The molecule has 1 fully saturated rings. The predicted molar refractivity (Wildman–Crippen MR) is 124 cm³/mol. The van der Waals surface area contributed by atoms with Crippen molar-refractivity contribution in [2.24, 2.45) is 0 Å². The third kappa shape index (κ3) is 4.92. The van der Waals surface area contributed by atoms with Gasteiger partial charge in [-0.2, -0.15) is 0 Å². The number of amides is 3. The maximum Gasteiger partial charge on any atom is 0.294 e. The first-order valence-electron chi connectivity index (χ1n) is 9.77. The lowest BCUT2D eigenvalue weighted by Crippen LogP contribution is -2.36. The van der Waals surface area contributed by atoms with E-state index >= 15 is 0 Å². The molecule has 154 valence electrons. The molecule has 0 aromatic heterocycles. The molecule has 1 N–H and O–H groups in total. The Morgan fingerprint density at radius 3 is 2.23 bits per heavy atom.